The Morgan fingerprint density at radius 1 is 1.07 bits per heavy atom. The van der Waals surface area contributed by atoms with Crippen LogP contribution in [0.15, 0.2) is 0 Å². The lowest BCUT2D eigenvalue weighted by molar-refractivity contribution is 0.136. The van der Waals surface area contributed by atoms with Gasteiger partial charge in [-0.25, -0.2) is 0 Å². The Labute approximate surface area is 94.5 Å². The van der Waals surface area contributed by atoms with Gasteiger partial charge in [-0.05, 0) is 24.9 Å². The van der Waals surface area contributed by atoms with Crippen molar-refractivity contribution in [3.63, 3.8) is 0 Å². The Morgan fingerprint density at radius 2 is 1.80 bits per heavy atom. The lowest BCUT2D eigenvalue weighted by atomic mass is 10.0. The van der Waals surface area contributed by atoms with E-state index >= 15 is 0 Å². The predicted molar refractivity (Wildman–Crippen MR) is 64.4 cm³/mol. The van der Waals surface area contributed by atoms with Crippen molar-refractivity contribution in [3.8, 4) is 0 Å². The van der Waals surface area contributed by atoms with E-state index in [2.05, 4.69) is 6.55 Å². The van der Waals surface area contributed by atoms with Crippen LogP contribution in [0.4, 0.5) is 0 Å². The maximum atomic E-state index is 5.98. The van der Waals surface area contributed by atoms with E-state index in [-0.39, 0.29) is 0 Å². The van der Waals surface area contributed by atoms with Crippen LogP contribution >= 0.6 is 0 Å². The van der Waals surface area contributed by atoms with Crippen molar-refractivity contribution in [2.45, 2.75) is 62.8 Å². The second kappa shape index (κ2) is 4.98. The van der Waals surface area contributed by atoms with Crippen molar-refractivity contribution >= 4 is 8.32 Å². The van der Waals surface area contributed by atoms with Gasteiger partial charge in [0.15, 0.2) is 0 Å². The first-order valence-electron chi connectivity index (χ1n) is 6.44. The molecule has 1 heterocycles. The number of hydrogen-bond donors (Lipinski definition) is 0. The summed E-state index contributed by atoms with van der Waals surface area (Å²) in [5.74, 6) is 0. The highest BCUT2D eigenvalue weighted by molar-refractivity contribution is 6.75. The van der Waals surface area contributed by atoms with Crippen LogP contribution in [0.25, 0.3) is 0 Å². The highest BCUT2D eigenvalue weighted by Gasteiger charge is 2.47. The first-order chi connectivity index (χ1) is 7.27. The fraction of sp³-hybridized carbons (Fsp3) is 1.00. The lowest BCUT2D eigenvalue weighted by Gasteiger charge is -2.40. The van der Waals surface area contributed by atoms with Crippen LogP contribution in [-0.2, 0) is 9.16 Å². The first-order valence-corrected chi connectivity index (χ1v) is 9.00. The van der Waals surface area contributed by atoms with E-state index in [0.717, 1.165) is 12.1 Å². The van der Waals surface area contributed by atoms with Gasteiger partial charge >= 0.3 is 0 Å². The Hall–Kier alpha value is 0.137. The monoisotopic (exact) mass is 228 g/mol. The van der Waals surface area contributed by atoms with Gasteiger partial charge < -0.3 is 9.16 Å². The maximum absolute atomic E-state index is 5.98. The number of rotatable bonds is 3. The van der Waals surface area contributed by atoms with Gasteiger partial charge in [0.05, 0.1) is 5.73 Å². The van der Waals surface area contributed by atoms with Crippen LogP contribution < -0.4 is 0 Å². The zero-order valence-electron chi connectivity index (χ0n) is 10.1. The highest BCUT2D eigenvalue weighted by Crippen LogP contribution is 2.41. The van der Waals surface area contributed by atoms with Crippen molar-refractivity contribution in [1.29, 1.82) is 0 Å². The van der Waals surface area contributed by atoms with Crippen molar-refractivity contribution in [3.05, 3.63) is 0 Å². The second-order valence-electron chi connectivity index (χ2n) is 5.22. The zero-order chi connectivity index (χ0) is 10.7. The molecule has 0 aromatic rings. The van der Waals surface area contributed by atoms with Crippen LogP contribution in [0.3, 0.4) is 0 Å². The first kappa shape index (κ1) is 11.6. The summed E-state index contributed by atoms with van der Waals surface area (Å²) in [7, 11) is 0.307. The van der Waals surface area contributed by atoms with E-state index < -0.39 is 8.32 Å². The molecule has 2 unspecified atom stereocenters. The molecule has 2 rings (SSSR count). The van der Waals surface area contributed by atoms with Crippen molar-refractivity contribution in [2.75, 3.05) is 13.7 Å². The van der Waals surface area contributed by atoms with Crippen LogP contribution in [-0.4, -0.2) is 27.8 Å². The van der Waals surface area contributed by atoms with E-state index in [1.165, 1.54) is 44.9 Å². The summed E-state index contributed by atoms with van der Waals surface area (Å²) < 4.78 is 11.9. The largest absolute Gasteiger partial charge is 0.417 e. The van der Waals surface area contributed by atoms with E-state index in [0.29, 0.717) is 5.73 Å². The van der Waals surface area contributed by atoms with Gasteiger partial charge in [-0.15, -0.1) is 0 Å². The summed E-state index contributed by atoms with van der Waals surface area (Å²) in [6, 6.07) is 0. The van der Waals surface area contributed by atoms with Gasteiger partial charge in [0.25, 0.3) is 0 Å². The molecule has 2 nitrogen and oxygen atoms in total. The Morgan fingerprint density at radius 3 is 2.33 bits per heavy atom. The summed E-state index contributed by atoms with van der Waals surface area (Å²) in [4.78, 5) is 0. The van der Waals surface area contributed by atoms with Crippen LogP contribution in [0.5, 0.6) is 0 Å². The molecular weight excluding hydrogens is 204 g/mol. The van der Waals surface area contributed by atoms with Crippen LogP contribution in [0, 0.1) is 0 Å². The minimum absolute atomic E-state index is 0.477. The fourth-order valence-corrected chi connectivity index (χ4v) is 7.17. The number of hydrogen-bond acceptors (Lipinski definition) is 2. The summed E-state index contributed by atoms with van der Waals surface area (Å²) >= 11 is 0. The lowest BCUT2D eigenvalue weighted by Crippen LogP contribution is -2.51. The normalized spacial score (nSPS) is 32.8. The minimum Gasteiger partial charge on any atom is -0.417 e. The molecule has 0 aromatic heterocycles. The van der Waals surface area contributed by atoms with E-state index in [4.69, 9.17) is 9.16 Å². The van der Waals surface area contributed by atoms with Gasteiger partial charge in [0.1, 0.15) is 0 Å². The third-order valence-corrected chi connectivity index (χ3v) is 9.24. The molecule has 1 aliphatic carbocycles. The molecular formula is C12H24O2Si. The van der Waals surface area contributed by atoms with E-state index in [9.17, 15) is 0 Å². The van der Waals surface area contributed by atoms with Gasteiger partial charge in [-0.3, -0.25) is 0 Å². The molecule has 0 spiro atoms. The highest BCUT2D eigenvalue weighted by atomic mass is 28.4. The molecule has 0 radical (unpaired) electrons. The second-order valence-corrected chi connectivity index (χ2v) is 9.46. The molecule has 88 valence electrons. The summed E-state index contributed by atoms with van der Waals surface area (Å²) in [6.07, 6.45) is 9.49. The molecule has 0 amide bonds. The molecule has 1 aliphatic heterocycles. The zero-order valence-corrected chi connectivity index (χ0v) is 11.1. The van der Waals surface area contributed by atoms with Crippen molar-refractivity contribution < 1.29 is 9.16 Å². The quantitative estimate of drug-likeness (QED) is 0.690. The molecule has 0 N–H and O–H groups in total. The van der Waals surface area contributed by atoms with Gasteiger partial charge in [0, 0.05) is 13.7 Å². The summed E-state index contributed by atoms with van der Waals surface area (Å²) in [5.41, 5.74) is 1.32. The molecule has 2 aliphatic rings. The molecule has 1 saturated carbocycles. The fourth-order valence-electron chi connectivity index (χ4n) is 3.27. The Kier molecular flexibility index (Phi) is 3.86. The third kappa shape index (κ3) is 2.29. The summed E-state index contributed by atoms with van der Waals surface area (Å²) in [6.45, 7) is 3.36. The molecule has 15 heavy (non-hydrogen) atoms. The Balaban J connectivity index is 2.04. The standard InChI is InChI=1S/C12H24O2Si/c1-13-15(2,12-9-6-10-14-12)11-7-4-3-5-8-11/h11-12H,3-10H2,1-2H3. The van der Waals surface area contributed by atoms with E-state index in [1.54, 1.807) is 0 Å². The third-order valence-electron chi connectivity index (χ3n) is 4.42. The van der Waals surface area contributed by atoms with Crippen molar-refractivity contribution in [1.82, 2.24) is 0 Å². The molecule has 1 saturated heterocycles. The molecule has 2 atom stereocenters. The van der Waals surface area contributed by atoms with E-state index in [1.807, 2.05) is 7.11 Å². The van der Waals surface area contributed by atoms with Crippen LogP contribution in [0.2, 0.25) is 12.1 Å². The van der Waals surface area contributed by atoms with Crippen molar-refractivity contribution in [2.24, 2.45) is 0 Å². The average molecular weight is 228 g/mol. The topological polar surface area (TPSA) is 18.5 Å². The van der Waals surface area contributed by atoms with Gasteiger partial charge in [-0.1, -0.05) is 32.1 Å². The average Bonchev–Trinajstić information content (AvgIpc) is 2.83. The summed E-state index contributed by atoms with van der Waals surface area (Å²) in [5, 5.41) is 0. The minimum atomic E-state index is -1.61. The van der Waals surface area contributed by atoms with Gasteiger partial charge in [0.2, 0.25) is 8.32 Å². The molecule has 3 heteroatoms. The number of ether oxygens (including phenoxy) is 1. The van der Waals surface area contributed by atoms with Gasteiger partial charge in [-0.2, -0.15) is 0 Å². The smallest absolute Gasteiger partial charge is 0.220 e. The predicted octanol–water partition coefficient (Wildman–Crippen LogP) is 3.26. The molecule has 0 bridgehead atoms. The molecule has 2 fully saturated rings. The molecule has 0 aromatic carbocycles. The Bertz CT molecular complexity index is 198. The SMILES string of the molecule is CO[Si](C)(C1CCCCC1)C1CCCO1. The van der Waals surface area contributed by atoms with Crippen LogP contribution in [0.1, 0.15) is 44.9 Å². The maximum Gasteiger partial charge on any atom is 0.220 e.